The van der Waals surface area contributed by atoms with Crippen LogP contribution in [0.1, 0.15) is 47.7 Å². The van der Waals surface area contributed by atoms with E-state index in [0.29, 0.717) is 31.5 Å². The van der Waals surface area contributed by atoms with Crippen LogP contribution < -0.4 is 5.32 Å². The van der Waals surface area contributed by atoms with Gasteiger partial charge in [0.25, 0.3) is 0 Å². The van der Waals surface area contributed by atoms with E-state index in [1.165, 1.54) is 35.5 Å². The molecule has 1 N–H and O–H groups in total. The van der Waals surface area contributed by atoms with Gasteiger partial charge in [0.05, 0.1) is 4.90 Å². The van der Waals surface area contributed by atoms with Crippen molar-refractivity contribution >= 4 is 21.7 Å². The van der Waals surface area contributed by atoms with Crippen LogP contribution in [0.25, 0.3) is 0 Å². The van der Waals surface area contributed by atoms with Crippen molar-refractivity contribution in [1.82, 2.24) is 9.62 Å². The van der Waals surface area contributed by atoms with Crippen LogP contribution >= 0.6 is 0 Å². The number of benzene rings is 2. The highest BCUT2D eigenvalue weighted by molar-refractivity contribution is 7.89. The van der Waals surface area contributed by atoms with Crippen molar-refractivity contribution in [3.8, 4) is 0 Å². The summed E-state index contributed by atoms with van der Waals surface area (Å²) < 4.78 is 27.6. The SMILES string of the molecule is CC(=O)c1ccc(S(=O)(=O)N2CCCCC2C(=O)NCc2ccc(C)cc2)cc1. The van der Waals surface area contributed by atoms with Crippen molar-refractivity contribution < 1.29 is 18.0 Å². The molecule has 1 unspecified atom stereocenters. The summed E-state index contributed by atoms with van der Waals surface area (Å²) in [6.07, 6.45) is 2.01. The molecular weight excluding hydrogens is 388 g/mol. The monoisotopic (exact) mass is 414 g/mol. The first-order chi connectivity index (χ1) is 13.8. The zero-order chi connectivity index (χ0) is 21.0. The topological polar surface area (TPSA) is 83.6 Å². The number of nitrogens with one attached hydrogen (secondary N) is 1. The fourth-order valence-corrected chi connectivity index (χ4v) is 5.12. The van der Waals surface area contributed by atoms with Gasteiger partial charge >= 0.3 is 0 Å². The van der Waals surface area contributed by atoms with Crippen LogP contribution in [0.5, 0.6) is 0 Å². The minimum atomic E-state index is -3.83. The average molecular weight is 415 g/mol. The lowest BCUT2D eigenvalue weighted by atomic mass is 10.0. The summed E-state index contributed by atoms with van der Waals surface area (Å²) in [6.45, 7) is 4.09. The maximum absolute atomic E-state index is 13.2. The van der Waals surface area contributed by atoms with E-state index >= 15 is 0 Å². The van der Waals surface area contributed by atoms with Gasteiger partial charge in [-0.1, -0.05) is 48.4 Å². The Labute approximate surface area is 172 Å². The number of hydrogen-bond donors (Lipinski definition) is 1. The molecule has 1 heterocycles. The van der Waals surface area contributed by atoms with Crippen LogP contribution in [0.15, 0.2) is 53.4 Å². The largest absolute Gasteiger partial charge is 0.351 e. The first-order valence-corrected chi connectivity index (χ1v) is 11.2. The van der Waals surface area contributed by atoms with Gasteiger partial charge in [0, 0.05) is 18.7 Å². The second-order valence-corrected chi connectivity index (χ2v) is 9.30. The molecule has 0 saturated carbocycles. The second kappa shape index (κ2) is 8.88. The van der Waals surface area contributed by atoms with Gasteiger partial charge in [-0.3, -0.25) is 9.59 Å². The molecule has 0 spiro atoms. The van der Waals surface area contributed by atoms with Crippen molar-refractivity contribution in [2.24, 2.45) is 0 Å². The van der Waals surface area contributed by atoms with E-state index in [1.807, 2.05) is 31.2 Å². The van der Waals surface area contributed by atoms with E-state index < -0.39 is 16.1 Å². The molecule has 6 nitrogen and oxygen atoms in total. The smallest absolute Gasteiger partial charge is 0.243 e. The average Bonchev–Trinajstić information content (AvgIpc) is 2.73. The minimum Gasteiger partial charge on any atom is -0.351 e. The molecule has 2 aromatic carbocycles. The first-order valence-electron chi connectivity index (χ1n) is 9.75. The molecule has 1 aliphatic rings. The summed E-state index contributed by atoms with van der Waals surface area (Å²) >= 11 is 0. The number of carbonyl (C=O) groups is 2. The van der Waals surface area contributed by atoms with E-state index in [0.717, 1.165) is 17.5 Å². The molecule has 2 aromatic rings. The third-order valence-corrected chi connectivity index (χ3v) is 7.13. The molecule has 0 bridgehead atoms. The molecule has 29 heavy (non-hydrogen) atoms. The Bertz CT molecular complexity index is 982. The van der Waals surface area contributed by atoms with Crippen LogP contribution in [0.4, 0.5) is 0 Å². The van der Waals surface area contributed by atoms with Gasteiger partial charge in [-0.15, -0.1) is 0 Å². The summed E-state index contributed by atoms with van der Waals surface area (Å²) in [7, 11) is -3.83. The van der Waals surface area contributed by atoms with Crippen LogP contribution in [0.3, 0.4) is 0 Å². The Morgan fingerprint density at radius 2 is 1.69 bits per heavy atom. The third-order valence-electron chi connectivity index (χ3n) is 5.21. The number of aryl methyl sites for hydroxylation is 1. The molecule has 1 saturated heterocycles. The molecule has 0 aliphatic carbocycles. The van der Waals surface area contributed by atoms with Crippen molar-refractivity contribution in [1.29, 1.82) is 0 Å². The summed E-state index contributed by atoms with van der Waals surface area (Å²) in [4.78, 5) is 24.4. The van der Waals surface area contributed by atoms with Crippen molar-refractivity contribution in [3.63, 3.8) is 0 Å². The summed E-state index contributed by atoms with van der Waals surface area (Å²) in [5, 5.41) is 2.88. The van der Waals surface area contributed by atoms with Crippen LogP contribution in [-0.4, -0.2) is 37.0 Å². The lowest BCUT2D eigenvalue weighted by Crippen LogP contribution is -2.51. The van der Waals surface area contributed by atoms with Gasteiger partial charge in [0.2, 0.25) is 15.9 Å². The molecular formula is C22H26N2O4S. The maximum atomic E-state index is 13.2. The molecule has 0 radical (unpaired) electrons. The number of sulfonamides is 1. The number of rotatable bonds is 6. The molecule has 1 atom stereocenters. The Morgan fingerprint density at radius 3 is 2.31 bits per heavy atom. The van der Waals surface area contributed by atoms with Crippen LogP contribution in [0, 0.1) is 6.92 Å². The molecule has 0 aromatic heterocycles. The van der Waals surface area contributed by atoms with Crippen LogP contribution in [-0.2, 0) is 21.4 Å². The minimum absolute atomic E-state index is 0.0979. The van der Waals surface area contributed by atoms with Crippen molar-refractivity contribution in [2.45, 2.75) is 50.6 Å². The Morgan fingerprint density at radius 1 is 1.03 bits per heavy atom. The lowest BCUT2D eigenvalue weighted by molar-refractivity contribution is -0.125. The van der Waals surface area contributed by atoms with E-state index in [-0.39, 0.29) is 16.6 Å². The van der Waals surface area contributed by atoms with Gasteiger partial charge in [-0.2, -0.15) is 4.31 Å². The second-order valence-electron chi connectivity index (χ2n) is 7.41. The number of hydrogen-bond acceptors (Lipinski definition) is 4. The van der Waals surface area contributed by atoms with E-state index in [4.69, 9.17) is 0 Å². The van der Waals surface area contributed by atoms with Crippen molar-refractivity contribution in [3.05, 3.63) is 65.2 Å². The summed E-state index contributed by atoms with van der Waals surface area (Å²) in [5.41, 5.74) is 2.56. The first kappa shape index (κ1) is 21.2. The Kier molecular flexibility index (Phi) is 6.49. The Balaban J connectivity index is 1.76. The number of carbonyl (C=O) groups excluding carboxylic acids is 2. The van der Waals surface area contributed by atoms with Gasteiger partial charge in [0.15, 0.2) is 5.78 Å². The fraction of sp³-hybridized carbons (Fsp3) is 0.364. The standard InChI is InChI=1S/C22H26N2O4S/c1-16-6-8-18(9-7-16)15-23-22(26)21-5-3-4-14-24(21)29(27,28)20-12-10-19(11-13-20)17(2)25/h6-13,21H,3-5,14-15H2,1-2H3,(H,23,26). The quantitative estimate of drug-likeness (QED) is 0.737. The normalized spacial score (nSPS) is 17.7. The molecule has 7 heteroatoms. The van der Waals surface area contributed by atoms with Gasteiger partial charge in [-0.05, 0) is 44.4 Å². The van der Waals surface area contributed by atoms with E-state index in [2.05, 4.69) is 5.32 Å². The highest BCUT2D eigenvalue weighted by Gasteiger charge is 2.37. The lowest BCUT2D eigenvalue weighted by Gasteiger charge is -2.33. The Hall–Kier alpha value is -2.51. The maximum Gasteiger partial charge on any atom is 0.243 e. The van der Waals surface area contributed by atoms with E-state index in [9.17, 15) is 18.0 Å². The summed E-state index contributed by atoms with van der Waals surface area (Å²) in [6, 6.07) is 13.0. The number of piperidine rings is 1. The highest BCUT2D eigenvalue weighted by Crippen LogP contribution is 2.26. The molecule has 1 fully saturated rings. The van der Waals surface area contributed by atoms with Gasteiger partial charge in [-0.25, -0.2) is 8.42 Å². The number of ketones is 1. The predicted octanol–water partition coefficient (Wildman–Crippen LogP) is 3.06. The zero-order valence-electron chi connectivity index (χ0n) is 16.7. The molecule has 3 rings (SSSR count). The van der Waals surface area contributed by atoms with Crippen molar-refractivity contribution in [2.75, 3.05) is 6.54 Å². The van der Waals surface area contributed by atoms with E-state index in [1.54, 1.807) is 0 Å². The predicted molar refractivity (Wildman–Crippen MR) is 111 cm³/mol. The van der Waals surface area contributed by atoms with Gasteiger partial charge < -0.3 is 5.32 Å². The molecule has 1 amide bonds. The third kappa shape index (κ3) is 4.92. The summed E-state index contributed by atoms with van der Waals surface area (Å²) in [5.74, 6) is -0.408. The number of amides is 1. The molecule has 1 aliphatic heterocycles. The highest BCUT2D eigenvalue weighted by atomic mass is 32.2. The zero-order valence-corrected chi connectivity index (χ0v) is 17.5. The van der Waals surface area contributed by atoms with Crippen LogP contribution in [0.2, 0.25) is 0 Å². The number of Topliss-reactive ketones (excluding diaryl/α,β-unsaturated/α-hetero) is 1. The molecule has 154 valence electrons. The van der Waals surface area contributed by atoms with Gasteiger partial charge in [0.1, 0.15) is 6.04 Å². The fourth-order valence-electron chi connectivity index (χ4n) is 3.46. The number of nitrogens with zero attached hydrogens (tertiary/aromatic N) is 1.